The summed E-state index contributed by atoms with van der Waals surface area (Å²) in [6.07, 6.45) is 2.26. The highest BCUT2D eigenvalue weighted by Gasteiger charge is 2.35. The normalized spacial score (nSPS) is 17.9. The van der Waals surface area contributed by atoms with E-state index < -0.39 is 0 Å². The third-order valence-electron chi connectivity index (χ3n) is 5.38. The minimum Gasteiger partial charge on any atom is -0.302 e. The Morgan fingerprint density at radius 1 is 0.769 bits per heavy atom. The number of imide groups is 1. The molecule has 4 nitrogen and oxygen atoms in total. The Hall–Kier alpha value is -2.17. The molecule has 0 atom stereocenters. The number of hydrogen-bond donors (Lipinski definition) is 0. The number of nitrogens with zero attached hydrogens (tertiary/aromatic N) is 2. The standard InChI is InChI=1S/C21H22N2O2.ClH/c24-20-18-8-4-5-9-19(18)21(25)23(20)15-14-22-12-10-17(11-13-22)16-6-2-1-3-7-16;/h1-9,17H,10-15H2;1H. The first-order valence-electron chi connectivity index (χ1n) is 8.96. The van der Waals surface area contributed by atoms with E-state index in [1.165, 1.54) is 10.5 Å². The molecule has 0 aliphatic carbocycles. The second-order valence-electron chi connectivity index (χ2n) is 6.83. The number of likely N-dealkylation sites (tertiary alicyclic amines) is 1. The monoisotopic (exact) mass is 370 g/mol. The average Bonchev–Trinajstić information content (AvgIpc) is 2.92. The number of hydrogen-bond acceptors (Lipinski definition) is 3. The zero-order valence-corrected chi connectivity index (χ0v) is 15.5. The molecule has 2 aliphatic heterocycles. The highest BCUT2D eigenvalue weighted by Crippen LogP contribution is 2.28. The summed E-state index contributed by atoms with van der Waals surface area (Å²) in [7, 11) is 0. The van der Waals surface area contributed by atoms with Crippen LogP contribution in [-0.2, 0) is 0 Å². The van der Waals surface area contributed by atoms with E-state index in [1.54, 1.807) is 12.1 Å². The summed E-state index contributed by atoms with van der Waals surface area (Å²) in [5, 5.41) is 0. The van der Waals surface area contributed by atoms with Gasteiger partial charge in [-0.15, -0.1) is 12.4 Å². The second-order valence-corrected chi connectivity index (χ2v) is 6.83. The molecule has 2 aliphatic rings. The zero-order valence-electron chi connectivity index (χ0n) is 14.6. The van der Waals surface area contributed by atoms with Crippen molar-refractivity contribution in [2.24, 2.45) is 0 Å². The van der Waals surface area contributed by atoms with E-state index >= 15 is 0 Å². The molecule has 2 aromatic rings. The molecule has 2 amide bonds. The number of piperidine rings is 1. The maximum absolute atomic E-state index is 12.4. The van der Waals surface area contributed by atoms with E-state index in [4.69, 9.17) is 0 Å². The SMILES string of the molecule is Cl.O=C1c2ccccc2C(=O)N1CCN1CCC(c2ccccc2)CC1. The maximum Gasteiger partial charge on any atom is 0.261 e. The highest BCUT2D eigenvalue weighted by molar-refractivity contribution is 6.21. The van der Waals surface area contributed by atoms with Crippen molar-refractivity contribution in [1.29, 1.82) is 0 Å². The van der Waals surface area contributed by atoms with Gasteiger partial charge < -0.3 is 4.90 Å². The lowest BCUT2D eigenvalue weighted by Gasteiger charge is -2.32. The fraction of sp³-hybridized carbons (Fsp3) is 0.333. The lowest BCUT2D eigenvalue weighted by Crippen LogP contribution is -2.41. The van der Waals surface area contributed by atoms with Gasteiger partial charge in [-0.05, 0) is 49.5 Å². The van der Waals surface area contributed by atoms with Crippen molar-refractivity contribution < 1.29 is 9.59 Å². The van der Waals surface area contributed by atoms with Gasteiger partial charge in [-0.25, -0.2) is 0 Å². The van der Waals surface area contributed by atoms with E-state index in [-0.39, 0.29) is 24.2 Å². The molecular formula is C21H23ClN2O2. The Labute approximate surface area is 160 Å². The smallest absolute Gasteiger partial charge is 0.261 e. The number of rotatable bonds is 4. The van der Waals surface area contributed by atoms with Gasteiger partial charge in [-0.1, -0.05) is 42.5 Å². The van der Waals surface area contributed by atoms with E-state index in [0.717, 1.165) is 32.5 Å². The van der Waals surface area contributed by atoms with Gasteiger partial charge in [-0.3, -0.25) is 14.5 Å². The summed E-state index contributed by atoms with van der Waals surface area (Å²) < 4.78 is 0. The van der Waals surface area contributed by atoms with Crippen LogP contribution < -0.4 is 0 Å². The molecule has 0 aromatic heterocycles. The van der Waals surface area contributed by atoms with Crippen molar-refractivity contribution in [3.05, 3.63) is 71.3 Å². The average molecular weight is 371 g/mol. The molecule has 2 heterocycles. The molecule has 4 rings (SSSR count). The van der Waals surface area contributed by atoms with Gasteiger partial charge in [-0.2, -0.15) is 0 Å². The molecule has 0 spiro atoms. The van der Waals surface area contributed by atoms with Crippen LogP contribution in [0.3, 0.4) is 0 Å². The quantitative estimate of drug-likeness (QED) is 0.772. The first-order chi connectivity index (χ1) is 12.2. The molecule has 136 valence electrons. The summed E-state index contributed by atoms with van der Waals surface area (Å²) in [4.78, 5) is 28.6. The van der Waals surface area contributed by atoms with Crippen LogP contribution in [-0.4, -0.2) is 47.8 Å². The Balaban J connectivity index is 0.00000196. The number of carbonyl (C=O) groups excluding carboxylic acids is 2. The molecule has 26 heavy (non-hydrogen) atoms. The van der Waals surface area contributed by atoms with E-state index in [9.17, 15) is 9.59 Å². The molecule has 0 bridgehead atoms. The molecule has 2 aromatic carbocycles. The van der Waals surface area contributed by atoms with E-state index in [0.29, 0.717) is 23.6 Å². The molecule has 0 N–H and O–H groups in total. The number of fused-ring (bicyclic) bond motifs is 1. The van der Waals surface area contributed by atoms with Crippen LogP contribution >= 0.6 is 12.4 Å². The number of carbonyl (C=O) groups is 2. The van der Waals surface area contributed by atoms with Crippen LogP contribution in [0.25, 0.3) is 0 Å². The van der Waals surface area contributed by atoms with Crippen LogP contribution in [0.15, 0.2) is 54.6 Å². The summed E-state index contributed by atoms with van der Waals surface area (Å²) in [6, 6.07) is 17.8. The molecule has 5 heteroatoms. The van der Waals surface area contributed by atoms with Crippen molar-refractivity contribution in [1.82, 2.24) is 9.80 Å². The lowest BCUT2D eigenvalue weighted by molar-refractivity contribution is 0.0629. The Morgan fingerprint density at radius 3 is 1.88 bits per heavy atom. The predicted molar refractivity (Wildman–Crippen MR) is 104 cm³/mol. The molecule has 0 saturated carbocycles. The molecule has 0 unspecified atom stereocenters. The maximum atomic E-state index is 12.4. The van der Waals surface area contributed by atoms with Gasteiger partial charge in [0.2, 0.25) is 0 Å². The van der Waals surface area contributed by atoms with Gasteiger partial charge in [0.1, 0.15) is 0 Å². The summed E-state index contributed by atoms with van der Waals surface area (Å²) in [5.74, 6) is 0.316. The van der Waals surface area contributed by atoms with Crippen LogP contribution in [0, 0.1) is 0 Å². The third-order valence-corrected chi connectivity index (χ3v) is 5.38. The van der Waals surface area contributed by atoms with Gasteiger partial charge in [0, 0.05) is 13.1 Å². The van der Waals surface area contributed by atoms with Crippen molar-refractivity contribution in [3.63, 3.8) is 0 Å². The van der Waals surface area contributed by atoms with Crippen LogP contribution in [0.5, 0.6) is 0 Å². The Kier molecular flexibility index (Phi) is 5.74. The highest BCUT2D eigenvalue weighted by atomic mass is 35.5. The zero-order chi connectivity index (χ0) is 17.2. The van der Waals surface area contributed by atoms with Crippen molar-refractivity contribution in [3.8, 4) is 0 Å². The third kappa shape index (κ3) is 3.53. The van der Waals surface area contributed by atoms with Gasteiger partial charge >= 0.3 is 0 Å². The number of amides is 2. The van der Waals surface area contributed by atoms with Crippen LogP contribution in [0.2, 0.25) is 0 Å². The first kappa shape index (κ1) is 18.6. The van der Waals surface area contributed by atoms with Crippen molar-refractivity contribution in [2.75, 3.05) is 26.2 Å². The van der Waals surface area contributed by atoms with Gasteiger partial charge in [0.05, 0.1) is 11.1 Å². The second kappa shape index (κ2) is 8.02. The topological polar surface area (TPSA) is 40.6 Å². The fourth-order valence-electron chi connectivity index (χ4n) is 3.90. The molecule has 0 radical (unpaired) electrons. The van der Waals surface area contributed by atoms with Crippen molar-refractivity contribution >= 4 is 24.2 Å². The van der Waals surface area contributed by atoms with E-state index in [1.807, 2.05) is 12.1 Å². The summed E-state index contributed by atoms with van der Waals surface area (Å²) in [6.45, 7) is 3.26. The van der Waals surface area contributed by atoms with Crippen molar-refractivity contribution in [2.45, 2.75) is 18.8 Å². The minimum absolute atomic E-state index is 0. The first-order valence-corrected chi connectivity index (χ1v) is 8.96. The Morgan fingerprint density at radius 2 is 1.31 bits per heavy atom. The molecule has 1 saturated heterocycles. The van der Waals surface area contributed by atoms with E-state index in [2.05, 4.69) is 35.2 Å². The lowest BCUT2D eigenvalue weighted by atomic mass is 9.89. The van der Waals surface area contributed by atoms with Crippen LogP contribution in [0.4, 0.5) is 0 Å². The van der Waals surface area contributed by atoms with Crippen LogP contribution in [0.1, 0.15) is 45.0 Å². The summed E-state index contributed by atoms with van der Waals surface area (Å²) in [5.41, 5.74) is 2.49. The van der Waals surface area contributed by atoms with Gasteiger partial charge in [0.25, 0.3) is 11.8 Å². The summed E-state index contributed by atoms with van der Waals surface area (Å²) >= 11 is 0. The number of halogens is 1. The minimum atomic E-state index is -0.153. The molecular weight excluding hydrogens is 348 g/mol. The fourth-order valence-corrected chi connectivity index (χ4v) is 3.90. The van der Waals surface area contributed by atoms with Gasteiger partial charge in [0.15, 0.2) is 0 Å². The number of benzene rings is 2. The predicted octanol–water partition coefficient (Wildman–Crippen LogP) is 3.58. The molecule has 1 fully saturated rings. The largest absolute Gasteiger partial charge is 0.302 e. The Bertz CT molecular complexity index is 751.